The maximum Gasteiger partial charge on any atom is 0.0961 e. The highest BCUT2D eigenvalue weighted by molar-refractivity contribution is 7.12. The SMILES string of the molecule is CCCNCc1sc(CC(C)OC)nc1-c1ccccc1. The van der Waals surface area contributed by atoms with Crippen LogP contribution in [0.4, 0.5) is 0 Å². The van der Waals surface area contributed by atoms with Crippen molar-refractivity contribution in [1.82, 2.24) is 10.3 Å². The molecule has 1 unspecified atom stereocenters. The van der Waals surface area contributed by atoms with Gasteiger partial charge in [0, 0.05) is 30.5 Å². The zero-order valence-electron chi connectivity index (χ0n) is 13.1. The standard InChI is InChI=1S/C17H24N2OS/c1-4-10-18-12-15-17(14-8-6-5-7-9-14)19-16(21-15)11-13(2)20-3/h5-9,13,18H,4,10-12H2,1-3H3. The van der Waals surface area contributed by atoms with Crippen LogP contribution in [0.1, 0.15) is 30.2 Å². The summed E-state index contributed by atoms with van der Waals surface area (Å²) in [6.45, 7) is 6.19. The molecule has 21 heavy (non-hydrogen) atoms. The molecule has 0 saturated heterocycles. The Morgan fingerprint density at radius 2 is 2.05 bits per heavy atom. The van der Waals surface area contributed by atoms with Gasteiger partial charge >= 0.3 is 0 Å². The molecule has 4 heteroatoms. The molecule has 0 aliphatic rings. The van der Waals surface area contributed by atoms with E-state index in [1.807, 2.05) is 6.07 Å². The number of benzene rings is 1. The first-order valence-electron chi connectivity index (χ1n) is 7.52. The molecule has 0 fully saturated rings. The monoisotopic (exact) mass is 304 g/mol. The minimum atomic E-state index is 0.205. The van der Waals surface area contributed by atoms with Gasteiger partial charge in [-0.15, -0.1) is 11.3 Å². The van der Waals surface area contributed by atoms with E-state index in [-0.39, 0.29) is 6.10 Å². The summed E-state index contributed by atoms with van der Waals surface area (Å²) in [7, 11) is 1.75. The lowest BCUT2D eigenvalue weighted by Gasteiger charge is -2.05. The van der Waals surface area contributed by atoms with Crippen LogP contribution < -0.4 is 5.32 Å². The van der Waals surface area contributed by atoms with E-state index >= 15 is 0 Å². The lowest BCUT2D eigenvalue weighted by molar-refractivity contribution is 0.119. The van der Waals surface area contributed by atoms with Crippen molar-refractivity contribution in [2.75, 3.05) is 13.7 Å². The molecule has 1 heterocycles. The van der Waals surface area contributed by atoms with E-state index in [4.69, 9.17) is 9.72 Å². The molecule has 1 N–H and O–H groups in total. The van der Waals surface area contributed by atoms with Gasteiger partial charge < -0.3 is 10.1 Å². The molecule has 3 nitrogen and oxygen atoms in total. The summed E-state index contributed by atoms with van der Waals surface area (Å²) in [5.41, 5.74) is 2.31. The third-order valence-electron chi connectivity index (χ3n) is 3.37. The Labute approximate surface area is 131 Å². The van der Waals surface area contributed by atoms with Gasteiger partial charge in [0.2, 0.25) is 0 Å². The van der Waals surface area contributed by atoms with Crippen molar-refractivity contribution in [3.8, 4) is 11.3 Å². The van der Waals surface area contributed by atoms with Crippen molar-refractivity contribution in [2.24, 2.45) is 0 Å². The second-order valence-electron chi connectivity index (χ2n) is 5.17. The lowest BCUT2D eigenvalue weighted by Crippen LogP contribution is -2.13. The summed E-state index contributed by atoms with van der Waals surface area (Å²) in [5, 5.41) is 4.63. The molecule has 1 aromatic heterocycles. The average molecular weight is 304 g/mol. The van der Waals surface area contributed by atoms with Crippen molar-refractivity contribution in [3.05, 3.63) is 40.2 Å². The Morgan fingerprint density at radius 3 is 2.71 bits per heavy atom. The predicted octanol–water partition coefficient (Wildman–Crippen LogP) is 3.89. The minimum absolute atomic E-state index is 0.205. The van der Waals surface area contributed by atoms with Crippen LogP contribution in [0.3, 0.4) is 0 Å². The molecule has 1 aromatic carbocycles. The molecular formula is C17H24N2OS. The first-order valence-corrected chi connectivity index (χ1v) is 8.33. The number of hydrogen-bond donors (Lipinski definition) is 1. The highest BCUT2D eigenvalue weighted by Gasteiger charge is 2.14. The van der Waals surface area contributed by atoms with Gasteiger partial charge in [-0.25, -0.2) is 4.98 Å². The Balaban J connectivity index is 2.23. The fraction of sp³-hybridized carbons (Fsp3) is 0.471. The fourth-order valence-corrected chi connectivity index (χ4v) is 3.31. The van der Waals surface area contributed by atoms with Crippen molar-refractivity contribution in [3.63, 3.8) is 0 Å². The van der Waals surface area contributed by atoms with E-state index in [9.17, 15) is 0 Å². The molecule has 0 radical (unpaired) electrons. The topological polar surface area (TPSA) is 34.1 Å². The van der Waals surface area contributed by atoms with Gasteiger partial charge in [0.15, 0.2) is 0 Å². The Kier molecular flexibility index (Phi) is 6.36. The summed E-state index contributed by atoms with van der Waals surface area (Å²) in [4.78, 5) is 6.16. The summed E-state index contributed by atoms with van der Waals surface area (Å²) in [6.07, 6.45) is 2.22. The van der Waals surface area contributed by atoms with Crippen molar-refractivity contribution >= 4 is 11.3 Å². The van der Waals surface area contributed by atoms with Gasteiger partial charge in [0.05, 0.1) is 16.8 Å². The van der Waals surface area contributed by atoms with E-state index in [2.05, 4.69) is 43.4 Å². The fourth-order valence-electron chi connectivity index (χ4n) is 2.14. The van der Waals surface area contributed by atoms with Gasteiger partial charge in [0.1, 0.15) is 0 Å². The molecule has 0 amide bonds. The zero-order valence-corrected chi connectivity index (χ0v) is 13.9. The van der Waals surface area contributed by atoms with E-state index in [1.165, 1.54) is 10.4 Å². The number of rotatable bonds is 8. The summed E-state index contributed by atoms with van der Waals surface area (Å²) >= 11 is 1.79. The first kappa shape index (κ1) is 16.1. The quantitative estimate of drug-likeness (QED) is 0.751. The molecule has 0 spiro atoms. The lowest BCUT2D eigenvalue weighted by atomic mass is 10.1. The smallest absolute Gasteiger partial charge is 0.0961 e. The molecule has 2 rings (SSSR count). The van der Waals surface area contributed by atoms with Gasteiger partial charge in [-0.3, -0.25) is 0 Å². The molecule has 114 valence electrons. The molecule has 1 atom stereocenters. The number of methoxy groups -OCH3 is 1. The molecular weight excluding hydrogens is 280 g/mol. The van der Waals surface area contributed by atoms with E-state index in [1.54, 1.807) is 18.4 Å². The van der Waals surface area contributed by atoms with E-state index < -0.39 is 0 Å². The second kappa shape index (κ2) is 8.27. The van der Waals surface area contributed by atoms with Crippen LogP contribution in [0, 0.1) is 0 Å². The van der Waals surface area contributed by atoms with Crippen LogP contribution in [0.2, 0.25) is 0 Å². The van der Waals surface area contributed by atoms with Gasteiger partial charge in [-0.1, -0.05) is 37.3 Å². The van der Waals surface area contributed by atoms with Crippen LogP contribution >= 0.6 is 11.3 Å². The van der Waals surface area contributed by atoms with Crippen LogP contribution in [0.25, 0.3) is 11.3 Å². The maximum absolute atomic E-state index is 5.36. The Bertz CT molecular complexity index is 539. The zero-order chi connectivity index (χ0) is 15.1. The summed E-state index contributed by atoms with van der Waals surface area (Å²) in [6, 6.07) is 10.4. The van der Waals surface area contributed by atoms with Crippen LogP contribution in [-0.2, 0) is 17.7 Å². The molecule has 0 aliphatic heterocycles. The number of aromatic nitrogens is 1. The number of thiazole rings is 1. The molecule has 0 saturated carbocycles. The number of hydrogen-bond acceptors (Lipinski definition) is 4. The van der Waals surface area contributed by atoms with Gasteiger partial charge in [-0.05, 0) is 19.9 Å². The molecule has 0 bridgehead atoms. The maximum atomic E-state index is 5.36. The number of nitrogens with zero attached hydrogens (tertiary/aromatic N) is 1. The van der Waals surface area contributed by atoms with Crippen molar-refractivity contribution in [2.45, 2.75) is 39.3 Å². The van der Waals surface area contributed by atoms with E-state index in [0.29, 0.717) is 0 Å². The van der Waals surface area contributed by atoms with E-state index in [0.717, 1.165) is 36.6 Å². The highest BCUT2D eigenvalue weighted by Crippen LogP contribution is 2.29. The minimum Gasteiger partial charge on any atom is -0.381 e. The first-order chi connectivity index (χ1) is 10.2. The second-order valence-corrected chi connectivity index (χ2v) is 6.34. The largest absolute Gasteiger partial charge is 0.381 e. The van der Waals surface area contributed by atoms with Crippen LogP contribution in [0.15, 0.2) is 30.3 Å². The van der Waals surface area contributed by atoms with Crippen molar-refractivity contribution < 1.29 is 4.74 Å². The predicted molar refractivity (Wildman–Crippen MR) is 89.7 cm³/mol. The van der Waals surface area contributed by atoms with Crippen LogP contribution in [-0.4, -0.2) is 24.7 Å². The number of ether oxygens (including phenoxy) is 1. The van der Waals surface area contributed by atoms with Gasteiger partial charge in [0.25, 0.3) is 0 Å². The molecule has 0 aliphatic carbocycles. The normalized spacial score (nSPS) is 12.5. The Hall–Kier alpha value is -1.23. The van der Waals surface area contributed by atoms with Gasteiger partial charge in [-0.2, -0.15) is 0 Å². The Morgan fingerprint density at radius 1 is 1.29 bits per heavy atom. The third kappa shape index (κ3) is 4.63. The summed E-state index contributed by atoms with van der Waals surface area (Å²) in [5.74, 6) is 0. The third-order valence-corrected chi connectivity index (χ3v) is 4.44. The van der Waals surface area contributed by atoms with Crippen LogP contribution in [0.5, 0.6) is 0 Å². The average Bonchev–Trinajstić information content (AvgIpc) is 2.91. The number of nitrogens with one attached hydrogen (secondary N) is 1. The summed E-state index contributed by atoms with van der Waals surface area (Å²) < 4.78 is 5.36. The highest BCUT2D eigenvalue weighted by atomic mass is 32.1. The molecule has 2 aromatic rings. The van der Waals surface area contributed by atoms with Crippen molar-refractivity contribution in [1.29, 1.82) is 0 Å².